The molecule has 1 aromatic carbocycles. The average Bonchev–Trinajstić information content (AvgIpc) is 2.89. The zero-order valence-electron chi connectivity index (χ0n) is 11.2. The van der Waals surface area contributed by atoms with Crippen molar-refractivity contribution in [2.24, 2.45) is 0 Å². The van der Waals surface area contributed by atoms with Crippen molar-refractivity contribution in [3.63, 3.8) is 0 Å². The number of H-pyrrole nitrogens is 1. The summed E-state index contributed by atoms with van der Waals surface area (Å²) < 4.78 is 10.2. The lowest BCUT2D eigenvalue weighted by Gasteiger charge is -2.04. The first-order valence-electron chi connectivity index (χ1n) is 6.25. The third kappa shape index (κ3) is 3.25. The van der Waals surface area contributed by atoms with Crippen molar-refractivity contribution in [2.45, 2.75) is 0 Å². The molecule has 0 saturated heterocycles. The molecule has 0 spiro atoms. The summed E-state index contributed by atoms with van der Waals surface area (Å²) in [7, 11) is 1.58. The second-order valence-corrected chi connectivity index (χ2v) is 4.08. The zero-order chi connectivity index (χ0) is 14.4. The van der Waals surface area contributed by atoms with Crippen LogP contribution in [0.5, 0.6) is 5.75 Å². The number of fused-ring (bicyclic) bond motifs is 1. The van der Waals surface area contributed by atoms with E-state index >= 15 is 0 Å². The Bertz CT molecular complexity index is 582. The number of methoxy groups -OCH3 is 1. The quantitative estimate of drug-likeness (QED) is 0.634. The minimum Gasteiger partial charge on any atom is -0.497 e. The van der Waals surface area contributed by atoms with Gasteiger partial charge >= 0.3 is 0 Å². The predicted molar refractivity (Wildman–Crippen MR) is 72.9 cm³/mol. The van der Waals surface area contributed by atoms with Crippen LogP contribution in [0.2, 0.25) is 0 Å². The van der Waals surface area contributed by atoms with Crippen LogP contribution in [-0.4, -0.2) is 54.7 Å². The van der Waals surface area contributed by atoms with Crippen LogP contribution in [0.3, 0.4) is 0 Å². The fourth-order valence-electron chi connectivity index (χ4n) is 1.79. The second kappa shape index (κ2) is 6.88. The number of carbonyl (C=O) groups is 1. The minimum absolute atomic E-state index is 0.0280. The monoisotopic (exact) mass is 279 g/mol. The van der Waals surface area contributed by atoms with Crippen LogP contribution in [0, 0.1) is 0 Å². The van der Waals surface area contributed by atoms with E-state index in [0.717, 1.165) is 10.9 Å². The zero-order valence-corrected chi connectivity index (χ0v) is 11.2. The van der Waals surface area contributed by atoms with Crippen molar-refractivity contribution in [1.29, 1.82) is 0 Å². The highest BCUT2D eigenvalue weighted by Crippen LogP contribution is 2.21. The molecule has 1 heterocycles. The lowest BCUT2D eigenvalue weighted by Crippen LogP contribution is -2.28. The summed E-state index contributed by atoms with van der Waals surface area (Å²) in [6.45, 7) is 0.951. The first-order valence-corrected chi connectivity index (χ1v) is 6.25. The Labute approximate surface area is 115 Å². The summed E-state index contributed by atoms with van der Waals surface area (Å²) in [5.74, 6) is 0.430. The highest BCUT2D eigenvalue weighted by molar-refractivity contribution is 6.04. The van der Waals surface area contributed by atoms with Crippen molar-refractivity contribution >= 4 is 16.8 Å². The highest BCUT2D eigenvalue weighted by atomic mass is 16.5. The Morgan fingerprint density at radius 3 is 3.05 bits per heavy atom. The van der Waals surface area contributed by atoms with E-state index in [1.54, 1.807) is 25.3 Å². The molecule has 3 N–H and O–H groups in total. The number of hydrogen-bond acceptors (Lipinski definition) is 5. The molecular weight excluding hydrogens is 262 g/mol. The number of aliphatic hydroxyl groups excluding tert-OH is 1. The van der Waals surface area contributed by atoms with Gasteiger partial charge in [-0.1, -0.05) is 0 Å². The van der Waals surface area contributed by atoms with E-state index in [1.807, 2.05) is 0 Å². The average molecular weight is 279 g/mol. The first-order chi connectivity index (χ1) is 9.76. The van der Waals surface area contributed by atoms with E-state index in [4.69, 9.17) is 14.6 Å². The molecule has 2 rings (SSSR count). The SMILES string of the molecule is COc1ccc2c(C(=O)NCCOCCO)n[nH]c2c1. The normalized spacial score (nSPS) is 10.7. The summed E-state index contributed by atoms with van der Waals surface area (Å²) in [5, 5.41) is 18.8. The number of nitrogens with zero attached hydrogens (tertiary/aromatic N) is 1. The summed E-state index contributed by atoms with van der Waals surface area (Å²) in [4.78, 5) is 12.0. The maximum Gasteiger partial charge on any atom is 0.272 e. The van der Waals surface area contributed by atoms with E-state index in [-0.39, 0.29) is 19.1 Å². The van der Waals surface area contributed by atoms with Gasteiger partial charge in [-0.2, -0.15) is 5.10 Å². The molecule has 0 radical (unpaired) electrons. The number of carbonyl (C=O) groups excluding carboxylic acids is 1. The number of ether oxygens (including phenoxy) is 2. The van der Waals surface area contributed by atoms with Gasteiger partial charge in [0.15, 0.2) is 5.69 Å². The third-order valence-electron chi connectivity index (χ3n) is 2.75. The van der Waals surface area contributed by atoms with Crippen molar-refractivity contribution in [3.8, 4) is 5.75 Å². The van der Waals surface area contributed by atoms with E-state index in [9.17, 15) is 4.79 Å². The fraction of sp³-hybridized carbons (Fsp3) is 0.385. The number of hydrogen-bond donors (Lipinski definition) is 3. The molecule has 0 aliphatic carbocycles. The lowest BCUT2D eigenvalue weighted by atomic mass is 10.2. The molecule has 7 heteroatoms. The number of nitrogens with one attached hydrogen (secondary N) is 2. The van der Waals surface area contributed by atoms with Crippen molar-refractivity contribution in [2.75, 3.05) is 33.5 Å². The Morgan fingerprint density at radius 2 is 2.30 bits per heavy atom. The van der Waals surface area contributed by atoms with Crippen LogP contribution in [0.15, 0.2) is 18.2 Å². The van der Waals surface area contributed by atoms with E-state index < -0.39 is 0 Å². The van der Waals surface area contributed by atoms with Gasteiger partial charge < -0.3 is 19.9 Å². The standard InChI is InChI=1S/C13H17N3O4/c1-19-9-2-3-10-11(8-9)15-16-12(10)13(18)14-4-6-20-7-5-17/h2-3,8,17H,4-7H2,1H3,(H,14,18)(H,15,16). The summed E-state index contributed by atoms with van der Waals surface area (Å²) in [6.07, 6.45) is 0. The number of aromatic amines is 1. The van der Waals surface area contributed by atoms with Crippen molar-refractivity contribution in [3.05, 3.63) is 23.9 Å². The Morgan fingerprint density at radius 1 is 1.45 bits per heavy atom. The molecule has 0 aliphatic rings. The third-order valence-corrected chi connectivity index (χ3v) is 2.75. The Hall–Kier alpha value is -2.12. The van der Waals surface area contributed by atoms with Gasteiger partial charge in [0.25, 0.3) is 5.91 Å². The molecule has 0 fully saturated rings. The van der Waals surface area contributed by atoms with Crippen LogP contribution in [0.1, 0.15) is 10.5 Å². The number of aromatic nitrogens is 2. The van der Waals surface area contributed by atoms with E-state index in [2.05, 4.69) is 15.5 Å². The van der Waals surface area contributed by atoms with Gasteiger partial charge in [0.2, 0.25) is 0 Å². The van der Waals surface area contributed by atoms with Crippen LogP contribution in [-0.2, 0) is 4.74 Å². The molecule has 0 bridgehead atoms. The second-order valence-electron chi connectivity index (χ2n) is 4.08. The van der Waals surface area contributed by atoms with Gasteiger partial charge in [0.05, 0.1) is 32.4 Å². The Kier molecular flexibility index (Phi) is 4.91. The molecule has 1 aromatic heterocycles. The van der Waals surface area contributed by atoms with Gasteiger partial charge in [-0.05, 0) is 12.1 Å². The molecular formula is C13H17N3O4. The summed E-state index contributed by atoms with van der Waals surface area (Å²) >= 11 is 0. The molecule has 0 aliphatic heterocycles. The topological polar surface area (TPSA) is 96.5 Å². The number of amides is 1. The fourth-order valence-corrected chi connectivity index (χ4v) is 1.79. The van der Waals surface area contributed by atoms with Gasteiger partial charge in [0.1, 0.15) is 5.75 Å². The van der Waals surface area contributed by atoms with Gasteiger partial charge in [-0.25, -0.2) is 0 Å². The van der Waals surface area contributed by atoms with Gasteiger partial charge in [-0.15, -0.1) is 0 Å². The number of aliphatic hydroxyl groups is 1. The molecule has 0 saturated carbocycles. The van der Waals surface area contributed by atoms with Crippen LogP contribution >= 0.6 is 0 Å². The van der Waals surface area contributed by atoms with Crippen molar-refractivity contribution in [1.82, 2.24) is 15.5 Å². The maximum atomic E-state index is 12.0. The number of benzene rings is 1. The van der Waals surface area contributed by atoms with E-state index in [0.29, 0.717) is 24.6 Å². The smallest absolute Gasteiger partial charge is 0.272 e. The summed E-state index contributed by atoms with van der Waals surface area (Å²) in [6, 6.07) is 5.34. The lowest BCUT2D eigenvalue weighted by molar-refractivity contribution is 0.0836. The largest absolute Gasteiger partial charge is 0.497 e. The Balaban J connectivity index is 1.99. The van der Waals surface area contributed by atoms with Gasteiger partial charge in [0, 0.05) is 18.0 Å². The van der Waals surface area contributed by atoms with Crippen LogP contribution in [0.4, 0.5) is 0 Å². The molecule has 108 valence electrons. The highest BCUT2D eigenvalue weighted by Gasteiger charge is 2.13. The minimum atomic E-state index is -0.269. The summed E-state index contributed by atoms with van der Waals surface area (Å²) in [5.41, 5.74) is 1.08. The molecule has 20 heavy (non-hydrogen) atoms. The first kappa shape index (κ1) is 14.3. The van der Waals surface area contributed by atoms with Crippen molar-refractivity contribution < 1.29 is 19.4 Å². The molecule has 1 amide bonds. The van der Waals surface area contributed by atoms with Crippen LogP contribution in [0.25, 0.3) is 10.9 Å². The molecule has 0 atom stereocenters. The predicted octanol–water partition coefficient (Wildman–Crippen LogP) is 0.310. The number of rotatable bonds is 7. The van der Waals surface area contributed by atoms with E-state index in [1.165, 1.54) is 0 Å². The van der Waals surface area contributed by atoms with Gasteiger partial charge in [-0.3, -0.25) is 9.89 Å². The van der Waals surface area contributed by atoms with Crippen LogP contribution < -0.4 is 10.1 Å². The molecule has 0 unspecified atom stereocenters. The maximum absolute atomic E-state index is 12.0. The molecule has 7 nitrogen and oxygen atoms in total. The molecule has 2 aromatic rings.